The minimum absolute atomic E-state index is 0.0214. The summed E-state index contributed by atoms with van der Waals surface area (Å²) in [5, 5.41) is 21.6. The molecule has 1 aromatic carbocycles. The van der Waals surface area contributed by atoms with Gasteiger partial charge in [0.2, 0.25) is 0 Å². The first-order valence-electron chi connectivity index (χ1n) is 7.29. The Kier molecular flexibility index (Phi) is 4.09. The molecule has 130 valence electrons. The van der Waals surface area contributed by atoms with Crippen molar-refractivity contribution in [1.29, 1.82) is 0 Å². The second kappa shape index (κ2) is 6.10. The highest BCUT2D eigenvalue weighted by atomic mass is 35.5. The maximum absolute atomic E-state index is 12.3. The molecule has 0 amide bonds. The minimum atomic E-state index is -0.791. The van der Waals surface area contributed by atoms with Gasteiger partial charge in [0.1, 0.15) is 5.02 Å². The molecule has 0 atom stereocenters. The molecule has 0 spiro atoms. The van der Waals surface area contributed by atoms with Gasteiger partial charge in [0, 0.05) is 23.4 Å². The number of nitro groups is 1. The third kappa shape index (κ3) is 2.78. The maximum atomic E-state index is 12.3. The van der Waals surface area contributed by atoms with E-state index in [0.717, 1.165) is 0 Å². The van der Waals surface area contributed by atoms with E-state index in [1.54, 1.807) is 19.9 Å². The second-order valence-corrected chi connectivity index (χ2v) is 6.04. The van der Waals surface area contributed by atoms with Gasteiger partial charge in [-0.3, -0.25) is 29.9 Å². The van der Waals surface area contributed by atoms with E-state index in [-0.39, 0.29) is 10.7 Å². The van der Waals surface area contributed by atoms with Crippen LogP contribution in [0.15, 0.2) is 27.8 Å². The lowest BCUT2D eigenvalue weighted by molar-refractivity contribution is -0.384. The van der Waals surface area contributed by atoms with Gasteiger partial charge in [-0.1, -0.05) is 17.7 Å². The second-order valence-electron chi connectivity index (χ2n) is 5.64. The van der Waals surface area contributed by atoms with E-state index in [0.29, 0.717) is 28.1 Å². The van der Waals surface area contributed by atoms with Crippen LogP contribution in [0, 0.1) is 24.0 Å². The Balaban J connectivity index is 2.34. The van der Waals surface area contributed by atoms with Crippen LogP contribution < -0.4 is 11.1 Å². The van der Waals surface area contributed by atoms with Crippen molar-refractivity contribution >= 4 is 17.3 Å². The zero-order valence-electron chi connectivity index (χ0n) is 13.3. The molecule has 10 heteroatoms. The number of benzene rings is 1. The van der Waals surface area contributed by atoms with Gasteiger partial charge in [0.05, 0.1) is 16.1 Å². The molecule has 0 saturated heterocycles. The minimum Gasteiger partial charge on any atom is -0.302 e. The van der Waals surface area contributed by atoms with Crippen molar-refractivity contribution in [3.8, 4) is 0 Å². The van der Waals surface area contributed by atoms with Gasteiger partial charge >= 0.3 is 0 Å². The number of aromatic nitrogens is 4. The summed E-state index contributed by atoms with van der Waals surface area (Å²) in [5.41, 5.74) is 1.01. The summed E-state index contributed by atoms with van der Waals surface area (Å²) >= 11 is 5.88. The molecule has 0 unspecified atom stereocenters. The molecule has 2 heterocycles. The maximum Gasteiger partial charge on any atom is 0.288 e. The normalized spacial score (nSPS) is 11.2. The summed E-state index contributed by atoms with van der Waals surface area (Å²) in [6.45, 7) is 3.36. The van der Waals surface area contributed by atoms with Crippen LogP contribution in [0.2, 0.25) is 5.02 Å². The monoisotopic (exact) mass is 363 g/mol. The molecule has 2 aromatic heterocycles. The number of aromatic amines is 4. The fraction of sp³-hybridized carbons (Fsp3) is 0.200. The molecule has 0 aliphatic carbocycles. The van der Waals surface area contributed by atoms with Crippen molar-refractivity contribution in [2.45, 2.75) is 19.8 Å². The van der Waals surface area contributed by atoms with Crippen LogP contribution in [0.1, 0.15) is 34.0 Å². The molecule has 4 N–H and O–H groups in total. The zero-order valence-corrected chi connectivity index (χ0v) is 14.0. The quantitative estimate of drug-likeness (QED) is 0.416. The Morgan fingerprint density at radius 1 is 1.00 bits per heavy atom. The van der Waals surface area contributed by atoms with Gasteiger partial charge in [-0.15, -0.1) is 0 Å². The summed E-state index contributed by atoms with van der Waals surface area (Å²) < 4.78 is 0. The molecule has 9 nitrogen and oxygen atoms in total. The van der Waals surface area contributed by atoms with Crippen LogP contribution in [0.4, 0.5) is 5.69 Å². The third-order valence-corrected chi connectivity index (χ3v) is 4.42. The molecule has 0 radical (unpaired) electrons. The molecular weight excluding hydrogens is 350 g/mol. The van der Waals surface area contributed by atoms with Gasteiger partial charge in [-0.05, 0) is 25.5 Å². The largest absolute Gasteiger partial charge is 0.302 e. The first kappa shape index (κ1) is 16.8. The van der Waals surface area contributed by atoms with E-state index >= 15 is 0 Å². The number of H-pyrrole nitrogens is 4. The van der Waals surface area contributed by atoms with Crippen molar-refractivity contribution in [2.75, 3.05) is 0 Å². The predicted octanol–water partition coefficient (Wildman–Crippen LogP) is 2.08. The van der Waals surface area contributed by atoms with E-state index < -0.39 is 22.0 Å². The molecule has 25 heavy (non-hydrogen) atoms. The van der Waals surface area contributed by atoms with Gasteiger partial charge in [0.25, 0.3) is 16.8 Å². The lowest BCUT2D eigenvalue weighted by Crippen LogP contribution is -2.20. The molecule has 0 aliphatic heterocycles. The number of aryl methyl sites for hydroxylation is 2. The molecule has 0 bridgehead atoms. The molecule has 3 rings (SSSR count). The molecule has 0 fully saturated rings. The Morgan fingerprint density at radius 2 is 1.52 bits per heavy atom. The van der Waals surface area contributed by atoms with Crippen molar-refractivity contribution in [1.82, 2.24) is 20.4 Å². The van der Waals surface area contributed by atoms with Crippen molar-refractivity contribution in [2.24, 2.45) is 0 Å². The Hall–Kier alpha value is -3.07. The first-order chi connectivity index (χ1) is 11.8. The smallest absolute Gasteiger partial charge is 0.288 e. The number of halogens is 1. The SMILES string of the molecule is Cc1[nH][nH]c(=O)c1C(c1ccc(Cl)c([N+](=O)[O-])c1)c1c(C)[nH][nH]c1=O. The Bertz CT molecular complexity index is 1020. The standard InChI is InChI=1S/C15H14ClN5O4/c1-6-11(14(22)19-17-6)13(12-7(2)18-20-15(12)23)8-3-4-9(16)10(5-8)21(24)25/h3-5,13H,1-2H3,(H2,17,19,22)(H2,18,20,23). The van der Waals surface area contributed by atoms with Crippen LogP contribution in [0.3, 0.4) is 0 Å². The van der Waals surface area contributed by atoms with E-state index in [1.165, 1.54) is 12.1 Å². The number of rotatable bonds is 4. The van der Waals surface area contributed by atoms with Crippen LogP contribution >= 0.6 is 11.6 Å². The first-order valence-corrected chi connectivity index (χ1v) is 7.67. The third-order valence-electron chi connectivity index (χ3n) is 4.10. The van der Waals surface area contributed by atoms with Crippen LogP contribution in [0.5, 0.6) is 0 Å². The van der Waals surface area contributed by atoms with E-state index in [4.69, 9.17) is 11.6 Å². The lowest BCUT2D eigenvalue weighted by atomic mass is 9.85. The van der Waals surface area contributed by atoms with Crippen molar-refractivity contribution in [3.05, 3.63) is 82.1 Å². The Morgan fingerprint density at radius 3 is 1.92 bits per heavy atom. The van der Waals surface area contributed by atoms with Gasteiger partial charge in [0.15, 0.2) is 0 Å². The highest BCUT2D eigenvalue weighted by Crippen LogP contribution is 2.35. The topological polar surface area (TPSA) is 140 Å². The molecule has 0 aliphatic rings. The summed E-state index contributed by atoms with van der Waals surface area (Å²) in [6.07, 6.45) is 0. The highest BCUT2D eigenvalue weighted by molar-refractivity contribution is 6.32. The predicted molar refractivity (Wildman–Crippen MR) is 91.4 cm³/mol. The van der Waals surface area contributed by atoms with Gasteiger partial charge in [-0.25, -0.2) is 0 Å². The van der Waals surface area contributed by atoms with E-state index in [1.807, 2.05) is 0 Å². The number of hydrogen-bond acceptors (Lipinski definition) is 4. The summed E-state index contributed by atoms with van der Waals surface area (Å²) in [5.74, 6) is -0.791. The summed E-state index contributed by atoms with van der Waals surface area (Å²) in [6, 6.07) is 4.23. The molecule has 0 saturated carbocycles. The number of hydrogen-bond donors (Lipinski definition) is 4. The van der Waals surface area contributed by atoms with Crippen LogP contribution in [-0.4, -0.2) is 25.3 Å². The highest BCUT2D eigenvalue weighted by Gasteiger charge is 2.29. The van der Waals surface area contributed by atoms with Crippen LogP contribution in [-0.2, 0) is 0 Å². The van der Waals surface area contributed by atoms with E-state index in [9.17, 15) is 19.7 Å². The molecule has 3 aromatic rings. The summed E-state index contributed by atoms with van der Waals surface area (Å²) in [4.78, 5) is 35.2. The van der Waals surface area contributed by atoms with Crippen molar-refractivity contribution < 1.29 is 4.92 Å². The number of nitrogens with one attached hydrogen (secondary N) is 4. The zero-order chi connectivity index (χ0) is 18.3. The molecular formula is C15H14ClN5O4. The van der Waals surface area contributed by atoms with Gasteiger partial charge in [-0.2, -0.15) is 0 Å². The van der Waals surface area contributed by atoms with Crippen molar-refractivity contribution in [3.63, 3.8) is 0 Å². The Labute approximate surface area is 145 Å². The fourth-order valence-corrected chi connectivity index (χ4v) is 3.12. The lowest BCUT2D eigenvalue weighted by Gasteiger charge is -2.16. The average molecular weight is 364 g/mol. The van der Waals surface area contributed by atoms with Gasteiger partial charge < -0.3 is 10.2 Å². The average Bonchev–Trinajstić information content (AvgIpc) is 3.06. The van der Waals surface area contributed by atoms with Crippen LogP contribution in [0.25, 0.3) is 0 Å². The summed E-state index contributed by atoms with van der Waals surface area (Å²) in [7, 11) is 0. The van der Waals surface area contributed by atoms with E-state index in [2.05, 4.69) is 20.4 Å². The number of nitrogens with zero attached hydrogens (tertiary/aromatic N) is 1. The number of nitro benzene ring substituents is 1. The fourth-order valence-electron chi connectivity index (χ4n) is 2.93.